The second-order valence-corrected chi connectivity index (χ2v) is 19.5. The van der Waals surface area contributed by atoms with Gasteiger partial charge in [-0.2, -0.15) is 0 Å². The highest BCUT2D eigenvalue weighted by molar-refractivity contribution is 7.93. The van der Waals surface area contributed by atoms with E-state index < -0.39 is 54.2 Å². The molecule has 0 spiro atoms. The fraction of sp³-hybridized carbons (Fsp3) is 0.283. The molecule has 0 aliphatic heterocycles. The molecule has 1 aliphatic carbocycles. The molecule has 65 heavy (non-hydrogen) atoms. The number of para-hydroxylation sites is 1. The summed E-state index contributed by atoms with van der Waals surface area (Å²) in [6, 6.07) is 20.4. The SMILES string of the molecule is CC(C)CC(N)=O.CCN(c1ccc(F)cc1)S(=O)(=O)c1ccc2[nH]cc(C(=O)NC3CCCC3)c(=O)c2c1.Cc1ccccc1N(C)S(=O)(=O)c1ccc2[nH]cc(C(=O)O)c(=O)c2c1. The number of sulfonamides is 2. The Morgan fingerprint density at radius 2 is 1.34 bits per heavy atom. The van der Waals surface area contributed by atoms with E-state index in [4.69, 9.17) is 10.8 Å². The maximum atomic E-state index is 13.3. The Morgan fingerprint density at radius 3 is 1.83 bits per heavy atom. The van der Waals surface area contributed by atoms with Gasteiger partial charge in [-0.1, -0.05) is 44.9 Å². The molecule has 4 aromatic carbocycles. The highest BCUT2D eigenvalue weighted by atomic mass is 32.2. The zero-order valence-electron chi connectivity index (χ0n) is 36.4. The molecule has 1 fully saturated rings. The highest BCUT2D eigenvalue weighted by Crippen LogP contribution is 2.28. The van der Waals surface area contributed by atoms with Crippen molar-refractivity contribution in [2.75, 3.05) is 22.2 Å². The largest absolute Gasteiger partial charge is 0.477 e. The zero-order chi connectivity index (χ0) is 47.8. The smallest absolute Gasteiger partial charge is 0.341 e. The lowest BCUT2D eigenvalue weighted by Gasteiger charge is -2.23. The van der Waals surface area contributed by atoms with Crippen LogP contribution in [-0.2, 0) is 24.8 Å². The van der Waals surface area contributed by atoms with Crippen LogP contribution in [0.3, 0.4) is 0 Å². The molecule has 0 radical (unpaired) electrons. The van der Waals surface area contributed by atoms with Crippen LogP contribution in [0.15, 0.2) is 117 Å². The Balaban J connectivity index is 0.000000216. The number of nitrogens with two attached hydrogens (primary N) is 1. The van der Waals surface area contributed by atoms with Crippen molar-refractivity contribution in [3.8, 4) is 0 Å². The lowest BCUT2D eigenvalue weighted by atomic mass is 10.1. The van der Waals surface area contributed by atoms with Crippen molar-refractivity contribution in [2.45, 2.75) is 75.6 Å². The van der Waals surface area contributed by atoms with Crippen molar-refractivity contribution in [3.05, 3.63) is 140 Å². The number of H-pyrrole nitrogens is 2. The van der Waals surface area contributed by atoms with Crippen LogP contribution in [0.5, 0.6) is 0 Å². The summed E-state index contributed by atoms with van der Waals surface area (Å²) in [6.45, 7) is 7.51. The number of nitrogens with one attached hydrogen (secondary N) is 3. The number of carboxylic acids is 1. The third kappa shape index (κ3) is 11.5. The summed E-state index contributed by atoms with van der Waals surface area (Å²) < 4.78 is 68.1. The van der Waals surface area contributed by atoms with Gasteiger partial charge >= 0.3 is 5.97 Å². The minimum Gasteiger partial charge on any atom is -0.477 e. The number of fused-ring (bicyclic) bond motifs is 2. The van der Waals surface area contributed by atoms with E-state index in [1.54, 1.807) is 32.0 Å². The summed E-state index contributed by atoms with van der Waals surface area (Å²) in [7, 11) is -6.51. The topological polar surface area (TPSA) is 250 Å². The predicted molar refractivity (Wildman–Crippen MR) is 248 cm³/mol. The van der Waals surface area contributed by atoms with E-state index in [9.17, 15) is 45.2 Å². The Kier molecular flexibility index (Phi) is 15.7. The number of anilines is 2. The molecule has 1 saturated carbocycles. The van der Waals surface area contributed by atoms with Crippen LogP contribution in [0.4, 0.5) is 15.8 Å². The number of carboxylic acid groups (broad SMARTS) is 1. The van der Waals surface area contributed by atoms with Gasteiger partial charge in [0, 0.05) is 60.3 Å². The second-order valence-electron chi connectivity index (χ2n) is 15.7. The number of hydrogen-bond acceptors (Lipinski definition) is 9. The number of aromatic carboxylic acids is 1. The standard InChI is InChI=1S/C23H24FN3O4S.C18H16N2O5S.C5H11NO/c1-2-27(17-9-7-15(24)8-10-17)32(30,31)18-11-12-21-19(13-18)22(28)20(14-25-21)23(29)26-16-5-3-4-6-16;1-11-5-3-4-6-16(11)20(2)26(24,25)12-7-8-15-13(9-12)17(21)14(10-19-15)18(22)23;1-4(2)3-5(6)7/h7-14,16H,2-6H2,1H3,(H,25,28)(H,26,29);3-10H,1-2H3,(H,19,21)(H,22,23);4H,3H2,1-2H3,(H2,6,7). The molecule has 0 saturated heterocycles. The van der Waals surface area contributed by atoms with Crippen molar-refractivity contribution in [2.24, 2.45) is 11.7 Å². The summed E-state index contributed by atoms with van der Waals surface area (Å²) >= 11 is 0. The monoisotopic (exact) mass is 930 g/mol. The van der Waals surface area contributed by atoms with Gasteiger partial charge in [0.1, 0.15) is 16.9 Å². The highest BCUT2D eigenvalue weighted by Gasteiger charge is 2.27. The Hall–Kier alpha value is -6.86. The summed E-state index contributed by atoms with van der Waals surface area (Å²) in [5.74, 6) is -2.12. The first kappa shape index (κ1) is 49.2. The van der Waals surface area contributed by atoms with E-state index in [1.165, 1.54) is 73.9 Å². The first-order chi connectivity index (χ1) is 30.7. The first-order valence-electron chi connectivity index (χ1n) is 20.6. The normalized spacial score (nSPS) is 12.8. The number of benzene rings is 4. The third-order valence-corrected chi connectivity index (χ3v) is 14.2. The summed E-state index contributed by atoms with van der Waals surface area (Å²) in [5, 5.41) is 12.1. The van der Waals surface area contributed by atoms with E-state index >= 15 is 0 Å². The number of rotatable bonds is 12. The minimum absolute atomic E-state index is 0.00385. The molecule has 7 rings (SSSR count). The number of pyridine rings is 2. The number of carbonyl (C=O) groups excluding carboxylic acids is 2. The van der Waals surface area contributed by atoms with E-state index in [0.717, 1.165) is 46.1 Å². The number of primary amides is 1. The van der Waals surface area contributed by atoms with Crippen LogP contribution in [0.1, 0.15) is 79.2 Å². The molecule has 19 heteroatoms. The number of aromatic nitrogens is 2. The van der Waals surface area contributed by atoms with E-state index in [-0.39, 0.29) is 44.6 Å². The van der Waals surface area contributed by atoms with Crippen molar-refractivity contribution in [1.29, 1.82) is 0 Å². The lowest BCUT2D eigenvalue weighted by molar-refractivity contribution is -0.118. The Morgan fingerprint density at radius 1 is 0.815 bits per heavy atom. The van der Waals surface area contributed by atoms with E-state index in [0.29, 0.717) is 34.7 Å². The number of halogens is 1. The molecule has 0 bridgehead atoms. The molecule has 2 heterocycles. The molecule has 2 aromatic heterocycles. The molecule has 344 valence electrons. The molecule has 0 unspecified atom stereocenters. The molecule has 6 aromatic rings. The van der Waals surface area contributed by atoms with Gasteiger partial charge in [-0.15, -0.1) is 0 Å². The van der Waals surface area contributed by atoms with Crippen LogP contribution in [0.25, 0.3) is 21.8 Å². The molecule has 0 atom stereocenters. The molecule has 16 nitrogen and oxygen atoms in total. The number of carbonyl (C=O) groups is 3. The lowest BCUT2D eigenvalue weighted by Crippen LogP contribution is -2.35. The van der Waals surface area contributed by atoms with Crippen LogP contribution < -0.4 is 30.5 Å². The van der Waals surface area contributed by atoms with Crippen LogP contribution in [0, 0.1) is 18.7 Å². The molecule has 1 aliphatic rings. The van der Waals surface area contributed by atoms with Crippen molar-refractivity contribution in [3.63, 3.8) is 0 Å². The number of aryl methyl sites for hydroxylation is 1. The number of amides is 2. The van der Waals surface area contributed by atoms with Crippen LogP contribution in [0.2, 0.25) is 0 Å². The van der Waals surface area contributed by atoms with E-state index in [1.807, 2.05) is 19.9 Å². The predicted octanol–water partition coefficient (Wildman–Crippen LogP) is 6.43. The van der Waals surface area contributed by atoms with Gasteiger partial charge in [0.2, 0.25) is 16.8 Å². The van der Waals surface area contributed by atoms with Gasteiger partial charge in [0.25, 0.3) is 26.0 Å². The average molecular weight is 931 g/mol. The van der Waals surface area contributed by atoms with Crippen molar-refractivity contribution in [1.82, 2.24) is 15.3 Å². The summed E-state index contributed by atoms with van der Waals surface area (Å²) in [6.07, 6.45) is 6.82. The van der Waals surface area contributed by atoms with Crippen LogP contribution >= 0.6 is 0 Å². The van der Waals surface area contributed by atoms with Gasteiger partial charge < -0.3 is 26.1 Å². The number of nitrogens with zero attached hydrogens (tertiary/aromatic N) is 2. The Bertz CT molecular complexity index is 3080. The van der Waals surface area contributed by atoms with E-state index in [2.05, 4.69) is 15.3 Å². The van der Waals surface area contributed by atoms with Gasteiger partial charge in [-0.3, -0.25) is 27.8 Å². The maximum Gasteiger partial charge on any atom is 0.341 e. The van der Waals surface area contributed by atoms with Crippen LogP contribution in [-0.4, -0.2) is 69.3 Å². The maximum absolute atomic E-state index is 13.3. The Labute approximate surface area is 375 Å². The molecule has 6 N–H and O–H groups in total. The quantitative estimate of drug-likeness (QED) is 0.0899. The third-order valence-electron chi connectivity index (χ3n) is 10.6. The van der Waals surface area contributed by atoms with Gasteiger partial charge in [-0.25, -0.2) is 26.0 Å². The summed E-state index contributed by atoms with van der Waals surface area (Å²) in [4.78, 5) is 64.6. The molecular weight excluding hydrogens is 880 g/mol. The second kappa shape index (κ2) is 20.8. The van der Waals surface area contributed by atoms with Gasteiger partial charge in [-0.05, 0) is 105 Å². The van der Waals surface area contributed by atoms with Crippen molar-refractivity contribution >= 4 is 71.0 Å². The number of aromatic amines is 2. The first-order valence-corrected chi connectivity index (χ1v) is 23.5. The fourth-order valence-electron chi connectivity index (χ4n) is 7.21. The minimum atomic E-state index is -4.02. The molecule has 2 amide bonds. The molecular formula is C46H51FN6O10S2. The zero-order valence-corrected chi connectivity index (χ0v) is 38.1. The van der Waals surface area contributed by atoms with Gasteiger partial charge in [0.05, 0.1) is 21.2 Å². The summed E-state index contributed by atoms with van der Waals surface area (Å²) in [5.41, 5.74) is 5.49. The average Bonchev–Trinajstić information content (AvgIpc) is 3.77. The van der Waals surface area contributed by atoms with Gasteiger partial charge in [0.15, 0.2) is 0 Å². The number of hydrogen-bond donors (Lipinski definition) is 5. The fourth-order valence-corrected chi connectivity index (χ4v) is 10.00. The van der Waals surface area contributed by atoms with Crippen molar-refractivity contribution < 1.29 is 40.7 Å².